The zero-order valence-electron chi connectivity index (χ0n) is 9.61. The highest BCUT2D eigenvalue weighted by molar-refractivity contribution is 5.84. The quantitative estimate of drug-likeness (QED) is 0.760. The second kappa shape index (κ2) is 4.44. The van der Waals surface area contributed by atoms with E-state index < -0.39 is 18.1 Å². The predicted octanol–water partition coefficient (Wildman–Crippen LogP) is 2.82. The number of carbonyl (C=O) groups excluding carboxylic acids is 1. The van der Waals surface area contributed by atoms with Gasteiger partial charge in [-0.15, -0.1) is 0 Å². The van der Waals surface area contributed by atoms with Gasteiger partial charge in [-0.25, -0.2) is 5.01 Å². The summed E-state index contributed by atoms with van der Waals surface area (Å²) in [5, 5.41) is 4.03. The lowest BCUT2D eigenvalue weighted by molar-refractivity contribution is -0.187. The van der Waals surface area contributed by atoms with Gasteiger partial charge in [0.2, 0.25) is 0 Å². The molecule has 0 saturated carbocycles. The van der Waals surface area contributed by atoms with Gasteiger partial charge >= 0.3 is 12.1 Å². The van der Waals surface area contributed by atoms with Crippen LogP contribution in [-0.2, 0) is 4.79 Å². The Hall–Kier alpha value is -1.85. The van der Waals surface area contributed by atoms with Crippen LogP contribution in [0.1, 0.15) is 23.6 Å². The number of amides is 1. The molecule has 6 heteroatoms. The Kier molecular flexibility index (Phi) is 3.11. The van der Waals surface area contributed by atoms with Crippen LogP contribution in [0, 0.1) is 6.92 Å². The summed E-state index contributed by atoms with van der Waals surface area (Å²) < 4.78 is 37.2. The molecular formula is C12H11F3N2O. The van der Waals surface area contributed by atoms with E-state index in [4.69, 9.17) is 0 Å². The maximum Gasteiger partial charge on any atom is 0.473 e. The molecule has 1 atom stereocenters. The molecule has 1 aliphatic heterocycles. The maximum absolute atomic E-state index is 12.4. The Morgan fingerprint density at radius 2 is 1.94 bits per heavy atom. The van der Waals surface area contributed by atoms with E-state index in [1.807, 2.05) is 6.92 Å². The van der Waals surface area contributed by atoms with Crippen LogP contribution in [0.15, 0.2) is 29.4 Å². The van der Waals surface area contributed by atoms with Crippen molar-refractivity contribution in [1.82, 2.24) is 5.01 Å². The molecule has 1 unspecified atom stereocenters. The van der Waals surface area contributed by atoms with E-state index >= 15 is 0 Å². The van der Waals surface area contributed by atoms with Crippen LogP contribution in [0.4, 0.5) is 13.2 Å². The lowest BCUT2D eigenvalue weighted by Crippen LogP contribution is -2.38. The van der Waals surface area contributed by atoms with Gasteiger partial charge in [-0.3, -0.25) is 4.79 Å². The first-order valence-corrected chi connectivity index (χ1v) is 5.39. The van der Waals surface area contributed by atoms with Crippen molar-refractivity contribution in [3.63, 3.8) is 0 Å². The highest BCUT2D eigenvalue weighted by atomic mass is 19.4. The standard InChI is InChI=1S/C12H11F3N2O/c1-8-2-4-9(5-3-8)10-6-7-16-17(10)11(18)12(13,14)15/h2-5,7,10H,6H2,1H3. The number of benzene rings is 1. The third-order valence-electron chi connectivity index (χ3n) is 2.74. The minimum Gasteiger partial charge on any atom is -0.262 e. The van der Waals surface area contributed by atoms with Gasteiger partial charge in [0.1, 0.15) is 0 Å². The third-order valence-corrected chi connectivity index (χ3v) is 2.74. The molecule has 1 aromatic carbocycles. The number of hydrogen-bond acceptors (Lipinski definition) is 2. The molecular weight excluding hydrogens is 245 g/mol. The van der Waals surface area contributed by atoms with Crippen molar-refractivity contribution in [2.45, 2.75) is 25.6 Å². The van der Waals surface area contributed by atoms with Crippen molar-refractivity contribution in [3.8, 4) is 0 Å². The summed E-state index contributed by atoms with van der Waals surface area (Å²) in [5.74, 6) is -1.93. The first kappa shape index (κ1) is 12.6. The molecule has 0 spiro atoms. The fourth-order valence-electron chi connectivity index (χ4n) is 1.81. The Morgan fingerprint density at radius 3 is 2.50 bits per heavy atom. The van der Waals surface area contributed by atoms with Gasteiger partial charge in [-0.1, -0.05) is 29.8 Å². The van der Waals surface area contributed by atoms with E-state index in [1.165, 1.54) is 6.21 Å². The largest absolute Gasteiger partial charge is 0.473 e. The smallest absolute Gasteiger partial charge is 0.262 e. The Bertz CT molecular complexity index is 479. The molecule has 0 aromatic heterocycles. The zero-order valence-corrected chi connectivity index (χ0v) is 9.61. The van der Waals surface area contributed by atoms with Crippen LogP contribution in [0.3, 0.4) is 0 Å². The van der Waals surface area contributed by atoms with E-state index in [0.717, 1.165) is 5.56 Å². The number of rotatable bonds is 1. The van der Waals surface area contributed by atoms with Crippen LogP contribution in [-0.4, -0.2) is 23.3 Å². The molecule has 1 aromatic rings. The fourth-order valence-corrected chi connectivity index (χ4v) is 1.81. The molecule has 1 amide bonds. The van der Waals surface area contributed by atoms with Gasteiger partial charge in [-0.2, -0.15) is 18.3 Å². The Morgan fingerprint density at radius 1 is 1.33 bits per heavy atom. The second-order valence-electron chi connectivity index (χ2n) is 4.11. The van der Waals surface area contributed by atoms with Crippen LogP contribution in [0.25, 0.3) is 0 Å². The normalized spacial score (nSPS) is 19.3. The molecule has 0 bridgehead atoms. The summed E-state index contributed by atoms with van der Waals surface area (Å²) in [4.78, 5) is 11.2. The van der Waals surface area contributed by atoms with E-state index in [0.29, 0.717) is 17.0 Å². The lowest BCUT2D eigenvalue weighted by atomic mass is 10.0. The summed E-state index contributed by atoms with van der Waals surface area (Å²) in [6.45, 7) is 1.88. The van der Waals surface area contributed by atoms with E-state index in [9.17, 15) is 18.0 Å². The molecule has 0 N–H and O–H groups in total. The van der Waals surface area contributed by atoms with Gasteiger partial charge in [0.05, 0.1) is 6.04 Å². The predicted molar refractivity (Wildman–Crippen MR) is 59.9 cm³/mol. The lowest BCUT2D eigenvalue weighted by Gasteiger charge is -2.23. The first-order valence-electron chi connectivity index (χ1n) is 5.39. The second-order valence-corrected chi connectivity index (χ2v) is 4.11. The number of carbonyl (C=O) groups is 1. The Labute approximate surface area is 102 Å². The molecule has 1 aliphatic rings. The Balaban J connectivity index is 2.24. The number of aryl methyl sites for hydroxylation is 1. The van der Waals surface area contributed by atoms with Crippen LogP contribution in [0.2, 0.25) is 0 Å². The number of nitrogens with zero attached hydrogens (tertiary/aromatic N) is 2. The van der Waals surface area contributed by atoms with Gasteiger partial charge in [-0.05, 0) is 12.5 Å². The third kappa shape index (κ3) is 2.37. The average molecular weight is 256 g/mol. The van der Waals surface area contributed by atoms with Crippen molar-refractivity contribution >= 4 is 12.1 Å². The van der Waals surface area contributed by atoms with Crippen molar-refractivity contribution in [3.05, 3.63) is 35.4 Å². The van der Waals surface area contributed by atoms with Crippen LogP contribution >= 0.6 is 0 Å². The molecule has 0 saturated heterocycles. The number of hydrogen-bond donors (Lipinski definition) is 0. The summed E-state index contributed by atoms with van der Waals surface area (Å²) in [6, 6.07) is 6.35. The minimum atomic E-state index is -4.90. The van der Waals surface area contributed by atoms with Gasteiger partial charge in [0.25, 0.3) is 0 Å². The molecule has 1 heterocycles. The zero-order chi connectivity index (χ0) is 13.3. The molecule has 18 heavy (non-hydrogen) atoms. The van der Waals surface area contributed by atoms with Crippen molar-refractivity contribution in [1.29, 1.82) is 0 Å². The number of hydrazone groups is 1. The van der Waals surface area contributed by atoms with Gasteiger partial charge in [0.15, 0.2) is 0 Å². The monoisotopic (exact) mass is 256 g/mol. The van der Waals surface area contributed by atoms with E-state index in [-0.39, 0.29) is 0 Å². The summed E-state index contributed by atoms with van der Waals surface area (Å²) in [5.41, 5.74) is 1.65. The topological polar surface area (TPSA) is 32.7 Å². The molecule has 0 radical (unpaired) electrons. The molecule has 0 fully saturated rings. The number of halogens is 3. The minimum absolute atomic E-state index is 0.297. The van der Waals surface area contributed by atoms with Gasteiger partial charge < -0.3 is 0 Å². The first-order chi connectivity index (χ1) is 8.39. The van der Waals surface area contributed by atoms with E-state index in [2.05, 4.69) is 5.10 Å². The van der Waals surface area contributed by atoms with Crippen molar-refractivity contribution in [2.24, 2.45) is 5.10 Å². The van der Waals surface area contributed by atoms with Crippen molar-refractivity contribution in [2.75, 3.05) is 0 Å². The molecule has 0 aliphatic carbocycles. The highest BCUT2D eigenvalue weighted by Crippen LogP contribution is 2.32. The SMILES string of the molecule is Cc1ccc(C2CC=NN2C(=O)C(F)(F)F)cc1. The van der Waals surface area contributed by atoms with Crippen molar-refractivity contribution < 1.29 is 18.0 Å². The van der Waals surface area contributed by atoms with Gasteiger partial charge in [0, 0.05) is 12.6 Å². The molecule has 2 rings (SSSR count). The van der Waals surface area contributed by atoms with Crippen LogP contribution in [0.5, 0.6) is 0 Å². The molecule has 96 valence electrons. The number of alkyl halides is 3. The summed E-state index contributed by atoms with van der Waals surface area (Å²) in [6.07, 6.45) is -3.27. The fraction of sp³-hybridized carbons (Fsp3) is 0.333. The average Bonchev–Trinajstić information content (AvgIpc) is 2.76. The van der Waals surface area contributed by atoms with E-state index in [1.54, 1.807) is 24.3 Å². The summed E-state index contributed by atoms with van der Waals surface area (Å²) in [7, 11) is 0. The summed E-state index contributed by atoms with van der Waals surface area (Å²) >= 11 is 0. The maximum atomic E-state index is 12.4. The van der Waals surface area contributed by atoms with Crippen LogP contribution < -0.4 is 0 Å². The highest BCUT2D eigenvalue weighted by Gasteiger charge is 2.46. The molecule has 3 nitrogen and oxygen atoms in total.